The molecule has 1 heterocycles. The van der Waals surface area contributed by atoms with E-state index in [1.54, 1.807) is 0 Å². The van der Waals surface area contributed by atoms with E-state index in [4.69, 9.17) is 0 Å². The summed E-state index contributed by atoms with van der Waals surface area (Å²) < 4.78 is 0. The van der Waals surface area contributed by atoms with Gasteiger partial charge in [-0.25, -0.2) is 4.98 Å². The molecule has 0 aliphatic heterocycles. The van der Waals surface area contributed by atoms with Gasteiger partial charge in [-0.1, -0.05) is 38.7 Å². The number of aromatic amines is 1. The first-order chi connectivity index (χ1) is 7.33. The van der Waals surface area contributed by atoms with Gasteiger partial charge in [-0.3, -0.25) is 0 Å². The van der Waals surface area contributed by atoms with E-state index in [0.29, 0.717) is 0 Å². The number of hydrogen-bond donors (Lipinski definition) is 1. The van der Waals surface area contributed by atoms with Gasteiger partial charge in [0.05, 0.1) is 11.9 Å². The molecule has 15 heavy (non-hydrogen) atoms. The van der Waals surface area contributed by atoms with Crippen molar-refractivity contribution < 1.29 is 0 Å². The molecule has 0 aliphatic rings. The van der Waals surface area contributed by atoms with Gasteiger partial charge < -0.3 is 4.98 Å². The lowest BCUT2D eigenvalue weighted by Crippen LogP contribution is -1.76. The maximum absolute atomic E-state index is 4.15. The zero-order valence-electron chi connectivity index (χ0n) is 9.92. The molecule has 0 saturated carbocycles. The molecule has 84 valence electrons. The minimum atomic E-state index is 0.984. The number of imidazole rings is 1. The molecule has 0 radical (unpaired) electrons. The second-order valence-electron chi connectivity index (χ2n) is 4.03. The highest BCUT2D eigenvalue weighted by Crippen LogP contribution is 2.06. The van der Waals surface area contributed by atoms with Crippen LogP contribution in [-0.2, 0) is 0 Å². The number of aromatic nitrogens is 2. The monoisotopic (exact) mass is 206 g/mol. The Kier molecular flexibility index (Phi) is 5.83. The maximum Gasteiger partial charge on any atom is 0.103 e. The SMILES string of the molecule is CCCCCCCC=Cc1cnc(C)[nH]1. The quantitative estimate of drug-likeness (QED) is 0.669. The molecule has 1 aromatic rings. The molecule has 1 rings (SSSR count). The van der Waals surface area contributed by atoms with Gasteiger partial charge >= 0.3 is 0 Å². The van der Waals surface area contributed by atoms with Gasteiger partial charge in [0.1, 0.15) is 5.82 Å². The second kappa shape index (κ2) is 7.27. The van der Waals surface area contributed by atoms with Crippen LogP contribution in [-0.4, -0.2) is 9.97 Å². The average molecular weight is 206 g/mol. The van der Waals surface area contributed by atoms with Crippen molar-refractivity contribution in [2.24, 2.45) is 0 Å². The lowest BCUT2D eigenvalue weighted by molar-refractivity contribution is 0.638. The van der Waals surface area contributed by atoms with Crippen LogP contribution in [0.5, 0.6) is 0 Å². The second-order valence-corrected chi connectivity index (χ2v) is 4.03. The predicted molar refractivity (Wildman–Crippen MR) is 65.7 cm³/mol. The number of H-pyrrole nitrogens is 1. The van der Waals surface area contributed by atoms with Crippen LogP contribution in [0.2, 0.25) is 0 Å². The van der Waals surface area contributed by atoms with Gasteiger partial charge in [0.2, 0.25) is 0 Å². The fraction of sp³-hybridized carbons (Fsp3) is 0.615. The number of unbranched alkanes of at least 4 members (excludes halogenated alkanes) is 5. The highest BCUT2D eigenvalue weighted by molar-refractivity contribution is 5.43. The fourth-order valence-electron chi connectivity index (χ4n) is 1.60. The number of nitrogens with zero attached hydrogens (tertiary/aromatic N) is 1. The number of hydrogen-bond acceptors (Lipinski definition) is 1. The predicted octanol–water partition coefficient (Wildman–Crippen LogP) is 4.09. The fourth-order valence-corrected chi connectivity index (χ4v) is 1.60. The lowest BCUT2D eigenvalue weighted by Gasteiger charge is -1.95. The Labute approximate surface area is 92.8 Å². The zero-order chi connectivity index (χ0) is 10.9. The van der Waals surface area contributed by atoms with Crippen LogP contribution in [0.25, 0.3) is 6.08 Å². The van der Waals surface area contributed by atoms with Gasteiger partial charge in [-0.2, -0.15) is 0 Å². The number of nitrogens with one attached hydrogen (secondary N) is 1. The topological polar surface area (TPSA) is 28.7 Å². The Hall–Kier alpha value is -1.05. The van der Waals surface area contributed by atoms with Crippen molar-refractivity contribution in [3.8, 4) is 0 Å². The summed E-state index contributed by atoms with van der Waals surface area (Å²) in [4.78, 5) is 7.34. The van der Waals surface area contributed by atoms with Gasteiger partial charge in [0, 0.05) is 0 Å². The first-order valence-corrected chi connectivity index (χ1v) is 6.01. The molecular weight excluding hydrogens is 184 g/mol. The van der Waals surface area contributed by atoms with E-state index in [-0.39, 0.29) is 0 Å². The van der Waals surface area contributed by atoms with E-state index in [2.05, 4.69) is 29.0 Å². The summed E-state index contributed by atoms with van der Waals surface area (Å²) in [6, 6.07) is 0. The molecule has 2 nitrogen and oxygen atoms in total. The summed E-state index contributed by atoms with van der Waals surface area (Å²) in [5.41, 5.74) is 1.11. The number of allylic oxidation sites excluding steroid dienone is 1. The first-order valence-electron chi connectivity index (χ1n) is 6.01. The molecule has 0 bridgehead atoms. The van der Waals surface area contributed by atoms with Crippen LogP contribution < -0.4 is 0 Å². The van der Waals surface area contributed by atoms with Crippen molar-refractivity contribution in [1.82, 2.24) is 9.97 Å². The Morgan fingerprint density at radius 1 is 1.27 bits per heavy atom. The summed E-state index contributed by atoms with van der Waals surface area (Å²) in [7, 11) is 0. The Balaban J connectivity index is 2.07. The molecule has 0 spiro atoms. The van der Waals surface area contributed by atoms with Crippen LogP contribution in [0.15, 0.2) is 12.3 Å². The van der Waals surface area contributed by atoms with E-state index in [0.717, 1.165) is 11.5 Å². The van der Waals surface area contributed by atoms with E-state index in [1.165, 1.54) is 38.5 Å². The summed E-state index contributed by atoms with van der Waals surface area (Å²) in [5.74, 6) is 0.984. The first kappa shape index (κ1) is 12.0. The number of aryl methyl sites for hydroxylation is 1. The van der Waals surface area contributed by atoms with Crippen LogP contribution in [0, 0.1) is 6.92 Å². The molecule has 0 fully saturated rings. The molecule has 0 aliphatic carbocycles. The van der Waals surface area contributed by atoms with Crippen LogP contribution >= 0.6 is 0 Å². The smallest absolute Gasteiger partial charge is 0.103 e. The van der Waals surface area contributed by atoms with Gasteiger partial charge in [-0.15, -0.1) is 0 Å². The summed E-state index contributed by atoms with van der Waals surface area (Å²) in [6.07, 6.45) is 14.2. The van der Waals surface area contributed by atoms with Gasteiger partial charge in [-0.05, 0) is 25.8 Å². The van der Waals surface area contributed by atoms with E-state index < -0.39 is 0 Å². The van der Waals surface area contributed by atoms with Gasteiger partial charge in [0.25, 0.3) is 0 Å². The zero-order valence-corrected chi connectivity index (χ0v) is 9.92. The summed E-state index contributed by atoms with van der Waals surface area (Å²) >= 11 is 0. The largest absolute Gasteiger partial charge is 0.343 e. The van der Waals surface area contributed by atoms with Crippen molar-refractivity contribution in [2.75, 3.05) is 0 Å². The molecule has 2 heteroatoms. The minimum Gasteiger partial charge on any atom is -0.343 e. The highest BCUT2D eigenvalue weighted by Gasteiger charge is 1.90. The van der Waals surface area contributed by atoms with Crippen LogP contribution in [0.1, 0.15) is 57.0 Å². The highest BCUT2D eigenvalue weighted by atomic mass is 14.9. The average Bonchev–Trinajstić information content (AvgIpc) is 2.63. The minimum absolute atomic E-state index is 0.984. The summed E-state index contributed by atoms with van der Waals surface area (Å²) in [6.45, 7) is 4.22. The molecule has 0 amide bonds. The third-order valence-corrected chi connectivity index (χ3v) is 2.49. The van der Waals surface area contributed by atoms with E-state index >= 15 is 0 Å². The molecule has 0 atom stereocenters. The third-order valence-electron chi connectivity index (χ3n) is 2.49. The number of rotatable bonds is 7. The molecule has 1 N–H and O–H groups in total. The van der Waals surface area contributed by atoms with Gasteiger partial charge in [0.15, 0.2) is 0 Å². The van der Waals surface area contributed by atoms with Crippen molar-refractivity contribution in [1.29, 1.82) is 0 Å². The van der Waals surface area contributed by atoms with Crippen molar-refractivity contribution in [2.45, 2.75) is 52.4 Å². The van der Waals surface area contributed by atoms with Crippen molar-refractivity contribution in [3.63, 3.8) is 0 Å². The third kappa shape index (κ3) is 5.40. The maximum atomic E-state index is 4.15. The molecular formula is C13H22N2. The van der Waals surface area contributed by atoms with Crippen molar-refractivity contribution in [3.05, 3.63) is 23.8 Å². The molecule has 0 unspecified atom stereocenters. The molecule has 0 saturated heterocycles. The summed E-state index contributed by atoms with van der Waals surface area (Å²) in [5, 5.41) is 0. The van der Waals surface area contributed by atoms with Crippen LogP contribution in [0.3, 0.4) is 0 Å². The normalized spacial score (nSPS) is 11.3. The Morgan fingerprint density at radius 2 is 2.07 bits per heavy atom. The van der Waals surface area contributed by atoms with E-state index in [9.17, 15) is 0 Å². The molecule has 1 aromatic heterocycles. The Morgan fingerprint density at radius 3 is 2.73 bits per heavy atom. The molecule has 0 aromatic carbocycles. The lowest BCUT2D eigenvalue weighted by atomic mass is 10.1. The Bertz CT molecular complexity index is 286. The van der Waals surface area contributed by atoms with Crippen molar-refractivity contribution >= 4 is 6.08 Å². The van der Waals surface area contributed by atoms with E-state index in [1.807, 2.05) is 13.1 Å². The standard InChI is InChI=1S/C13H22N2/c1-3-4-5-6-7-8-9-10-13-11-14-12(2)15-13/h9-11H,3-8H2,1-2H3,(H,14,15). The van der Waals surface area contributed by atoms with Crippen LogP contribution in [0.4, 0.5) is 0 Å².